The van der Waals surface area contributed by atoms with Gasteiger partial charge >= 0.3 is 0 Å². The van der Waals surface area contributed by atoms with Crippen LogP contribution in [0.2, 0.25) is 0 Å². The highest BCUT2D eigenvalue weighted by atomic mass is 15.2. The lowest BCUT2D eigenvalue weighted by Gasteiger charge is -1.98. The van der Waals surface area contributed by atoms with E-state index >= 15 is 0 Å². The summed E-state index contributed by atoms with van der Waals surface area (Å²) >= 11 is 0. The lowest BCUT2D eigenvalue weighted by molar-refractivity contribution is 0.999. The van der Waals surface area contributed by atoms with Gasteiger partial charge in [-0.2, -0.15) is 0 Å². The third kappa shape index (κ3) is 1.58. The molecule has 0 radical (unpaired) electrons. The molecule has 0 aliphatic rings. The predicted molar refractivity (Wildman–Crippen MR) is 51.9 cm³/mol. The topological polar surface area (TPSA) is 104 Å². The minimum Gasteiger partial charge on any atom is -0.382 e. The smallest absolute Gasteiger partial charge is 0.146 e. The first kappa shape index (κ1) is 8.36. The number of hydrogen-bond acceptors (Lipinski definition) is 6. The van der Waals surface area contributed by atoms with Gasteiger partial charge in [-0.3, -0.25) is 0 Å². The van der Waals surface area contributed by atoms with E-state index in [1.165, 1.54) is 0 Å². The summed E-state index contributed by atoms with van der Waals surface area (Å²) in [5, 5.41) is 15.1. The standard InChI is InChI=1S/C8H8N6/c9-7-3-1-5(11-13-7)6-2-4-8(10)14-12-6/h1-4H,(H2,9,13)(H2,10,14). The van der Waals surface area contributed by atoms with Crippen molar-refractivity contribution < 1.29 is 0 Å². The van der Waals surface area contributed by atoms with Crippen molar-refractivity contribution in [3.63, 3.8) is 0 Å². The quantitative estimate of drug-likeness (QED) is 0.657. The van der Waals surface area contributed by atoms with Gasteiger partial charge in [-0.1, -0.05) is 0 Å². The lowest BCUT2D eigenvalue weighted by atomic mass is 10.3. The third-order valence-corrected chi connectivity index (χ3v) is 1.63. The maximum atomic E-state index is 5.40. The highest BCUT2D eigenvalue weighted by Crippen LogP contribution is 2.12. The van der Waals surface area contributed by atoms with E-state index in [1.54, 1.807) is 24.3 Å². The van der Waals surface area contributed by atoms with Crippen molar-refractivity contribution in [2.75, 3.05) is 11.5 Å². The molecule has 0 amide bonds. The van der Waals surface area contributed by atoms with E-state index in [0.717, 1.165) is 0 Å². The molecule has 0 aliphatic carbocycles. The van der Waals surface area contributed by atoms with Crippen LogP contribution in [0.25, 0.3) is 11.4 Å². The molecule has 70 valence electrons. The first-order valence-electron chi connectivity index (χ1n) is 3.94. The maximum Gasteiger partial charge on any atom is 0.146 e. The Balaban J connectivity index is 2.40. The Morgan fingerprint density at radius 2 is 1.07 bits per heavy atom. The Morgan fingerprint density at radius 1 is 0.643 bits per heavy atom. The second-order valence-electron chi connectivity index (χ2n) is 2.69. The summed E-state index contributed by atoms with van der Waals surface area (Å²) in [6, 6.07) is 6.76. The van der Waals surface area contributed by atoms with Crippen molar-refractivity contribution in [1.82, 2.24) is 20.4 Å². The minimum atomic E-state index is 0.372. The SMILES string of the molecule is Nc1ccc(-c2ccc(N)nn2)nn1. The van der Waals surface area contributed by atoms with Gasteiger partial charge < -0.3 is 11.5 Å². The van der Waals surface area contributed by atoms with E-state index in [2.05, 4.69) is 20.4 Å². The summed E-state index contributed by atoms with van der Waals surface area (Å²) in [5.74, 6) is 0.745. The second kappa shape index (κ2) is 3.25. The molecule has 0 bridgehead atoms. The van der Waals surface area contributed by atoms with E-state index in [4.69, 9.17) is 11.5 Å². The number of hydrogen-bond donors (Lipinski definition) is 2. The van der Waals surface area contributed by atoms with Gasteiger partial charge in [0.15, 0.2) is 0 Å². The molecule has 2 aromatic heterocycles. The summed E-state index contributed by atoms with van der Waals surface area (Å²) in [7, 11) is 0. The highest BCUT2D eigenvalue weighted by Gasteiger charge is 2.01. The van der Waals surface area contributed by atoms with Crippen LogP contribution in [0.4, 0.5) is 11.6 Å². The Kier molecular flexibility index (Phi) is 1.94. The van der Waals surface area contributed by atoms with Crippen LogP contribution in [0.5, 0.6) is 0 Å². The molecule has 2 heterocycles. The van der Waals surface area contributed by atoms with E-state index in [9.17, 15) is 0 Å². The Bertz CT molecular complexity index is 377. The zero-order valence-corrected chi connectivity index (χ0v) is 7.25. The molecular formula is C8H8N6. The zero-order chi connectivity index (χ0) is 9.97. The molecule has 0 aromatic carbocycles. The average Bonchev–Trinajstić information content (AvgIpc) is 2.21. The average molecular weight is 188 g/mol. The summed E-state index contributed by atoms with van der Waals surface area (Å²) in [4.78, 5) is 0. The minimum absolute atomic E-state index is 0.372. The second-order valence-corrected chi connectivity index (χ2v) is 2.69. The number of anilines is 2. The molecule has 0 saturated heterocycles. The van der Waals surface area contributed by atoms with Gasteiger partial charge in [0.25, 0.3) is 0 Å². The maximum absolute atomic E-state index is 5.40. The van der Waals surface area contributed by atoms with Crippen LogP contribution in [-0.2, 0) is 0 Å². The van der Waals surface area contributed by atoms with Crippen LogP contribution in [0, 0.1) is 0 Å². The Hall–Kier alpha value is -2.24. The Morgan fingerprint density at radius 3 is 1.36 bits per heavy atom. The van der Waals surface area contributed by atoms with Gasteiger partial charge in [0, 0.05) is 0 Å². The molecule has 0 fully saturated rings. The number of nitrogens with zero attached hydrogens (tertiary/aromatic N) is 4. The van der Waals surface area contributed by atoms with Crippen LogP contribution in [0.15, 0.2) is 24.3 Å². The van der Waals surface area contributed by atoms with Crippen LogP contribution >= 0.6 is 0 Å². The van der Waals surface area contributed by atoms with Crippen LogP contribution in [0.1, 0.15) is 0 Å². The van der Waals surface area contributed by atoms with Crippen LogP contribution < -0.4 is 11.5 Å². The van der Waals surface area contributed by atoms with E-state index in [0.29, 0.717) is 23.0 Å². The Labute approximate surface area is 80.0 Å². The van der Waals surface area contributed by atoms with E-state index in [1.807, 2.05) is 0 Å². The molecule has 2 rings (SSSR count). The molecule has 4 N–H and O–H groups in total. The van der Waals surface area contributed by atoms with Crippen LogP contribution in [0.3, 0.4) is 0 Å². The van der Waals surface area contributed by atoms with Gasteiger partial charge in [-0.05, 0) is 24.3 Å². The number of aromatic nitrogens is 4. The molecule has 0 atom stereocenters. The fourth-order valence-electron chi connectivity index (χ4n) is 0.958. The lowest BCUT2D eigenvalue weighted by Crippen LogP contribution is -1.97. The van der Waals surface area contributed by atoms with E-state index < -0.39 is 0 Å². The van der Waals surface area contributed by atoms with Gasteiger partial charge in [0.05, 0.1) is 0 Å². The molecule has 0 unspecified atom stereocenters. The number of nitrogen functional groups attached to an aromatic ring is 2. The van der Waals surface area contributed by atoms with Gasteiger partial charge in [-0.25, -0.2) is 0 Å². The van der Waals surface area contributed by atoms with Gasteiger partial charge in [-0.15, -0.1) is 20.4 Å². The highest BCUT2D eigenvalue weighted by molar-refractivity contribution is 5.54. The molecule has 0 spiro atoms. The number of nitrogens with two attached hydrogens (primary N) is 2. The third-order valence-electron chi connectivity index (χ3n) is 1.63. The fourth-order valence-corrected chi connectivity index (χ4v) is 0.958. The fraction of sp³-hybridized carbons (Fsp3) is 0. The summed E-state index contributed by atoms with van der Waals surface area (Å²) in [5.41, 5.74) is 12.0. The van der Waals surface area contributed by atoms with Crippen molar-refractivity contribution in [2.24, 2.45) is 0 Å². The molecule has 6 nitrogen and oxygen atoms in total. The molecule has 14 heavy (non-hydrogen) atoms. The summed E-state index contributed by atoms with van der Waals surface area (Å²) < 4.78 is 0. The summed E-state index contributed by atoms with van der Waals surface area (Å²) in [6.07, 6.45) is 0. The molecule has 0 saturated carbocycles. The van der Waals surface area contributed by atoms with Crippen molar-refractivity contribution in [3.8, 4) is 11.4 Å². The molecule has 6 heteroatoms. The molecule has 2 aromatic rings. The van der Waals surface area contributed by atoms with Crippen molar-refractivity contribution in [1.29, 1.82) is 0 Å². The van der Waals surface area contributed by atoms with Crippen LogP contribution in [-0.4, -0.2) is 20.4 Å². The van der Waals surface area contributed by atoms with Crippen molar-refractivity contribution in [3.05, 3.63) is 24.3 Å². The van der Waals surface area contributed by atoms with Crippen molar-refractivity contribution in [2.45, 2.75) is 0 Å². The summed E-state index contributed by atoms with van der Waals surface area (Å²) in [6.45, 7) is 0. The monoisotopic (exact) mass is 188 g/mol. The first-order chi connectivity index (χ1) is 6.75. The van der Waals surface area contributed by atoms with Crippen molar-refractivity contribution >= 4 is 11.6 Å². The molecule has 0 aliphatic heterocycles. The predicted octanol–water partition coefficient (Wildman–Crippen LogP) is 0.0980. The first-order valence-corrected chi connectivity index (χ1v) is 3.94. The van der Waals surface area contributed by atoms with E-state index in [-0.39, 0.29) is 0 Å². The normalized spacial score (nSPS) is 10.0. The zero-order valence-electron chi connectivity index (χ0n) is 7.25. The molecular weight excluding hydrogens is 180 g/mol. The largest absolute Gasteiger partial charge is 0.382 e. The number of rotatable bonds is 1. The van der Waals surface area contributed by atoms with Gasteiger partial charge in [0.2, 0.25) is 0 Å². The van der Waals surface area contributed by atoms with Gasteiger partial charge in [0.1, 0.15) is 23.0 Å².